The van der Waals surface area contributed by atoms with Crippen molar-refractivity contribution in [2.45, 2.75) is 20.8 Å². The van der Waals surface area contributed by atoms with Gasteiger partial charge in [-0.3, -0.25) is 4.79 Å². The van der Waals surface area contributed by atoms with Crippen molar-refractivity contribution >= 4 is 11.6 Å². The molecular weight excluding hydrogens is 254 g/mol. The number of aromatic nitrogens is 1. The Balaban J connectivity index is 2.41. The minimum atomic E-state index is -0.454. The van der Waals surface area contributed by atoms with E-state index in [-0.39, 0.29) is 0 Å². The van der Waals surface area contributed by atoms with Crippen molar-refractivity contribution in [1.29, 1.82) is 0 Å². The summed E-state index contributed by atoms with van der Waals surface area (Å²) in [5.74, 6) is 0.720. The van der Waals surface area contributed by atoms with E-state index in [2.05, 4.69) is 4.98 Å². The van der Waals surface area contributed by atoms with Gasteiger partial charge in [-0.1, -0.05) is 0 Å². The maximum absolute atomic E-state index is 11.2. The van der Waals surface area contributed by atoms with Crippen LogP contribution in [0.1, 0.15) is 27.0 Å². The number of carbonyl (C=O) groups excluding carboxylic acids is 1. The molecule has 104 valence electrons. The fourth-order valence-electron chi connectivity index (χ4n) is 2.04. The summed E-state index contributed by atoms with van der Waals surface area (Å²) in [6.07, 6.45) is 1.55. The molecule has 0 aliphatic rings. The van der Waals surface area contributed by atoms with E-state index in [4.69, 9.17) is 16.2 Å². The number of pyridine rings is 1. The number of nitrogen functional groups attached to an aromatic ring is 1. The minimum absolute atomic E-state index is 0.454. The number of hydrogen-bond donors (Lipinski definition) is 2. The average molecular weight is 271 g/mol. The number of carbonyl (C=O) groups is 1. The molecule has 1 aromatic heterocycles. The molecule has 0 saturated carbocycles. The Bertz CT molecular complexity index is 658. The molecule has 1 aromatic carbocycles. The number of hydrogen-bond acceptors (Lipinski definition) is 4. The summed E-state index contributed by atoms with van der Waals surface area (Å²) >= 11 is 0. The lowest BCUT2D eigenvalue weighted by Crippen LogP contribution is -2.11. The summed E-state index contributed by atoms with van der Waals surface area (Å²) in [4.78, 5) is 15.4. The molecule has 1 heterocycles. The molecule has 0 spiro atoms. The van der Waals surface area contributed by atoms with Crippen molar-refractivity contribution in [2.24, 2.45) is 5.73 Å². The number of rotatable bonds is 3. The van der Waals surface area contributed by atoms with Crippen LogP contribution in [0.3, 0.4) is 0 Å². The van der Waals surface area contributed by atoms with Crippen LogP contribution in [0.5, 0.6) is 11.6 Å². The lowest BCUT2D eigenvalue weighted by atomic mass is 10.1. The molecule has 20 heavy (non-hydrogen) atoms. The Morgan fingerprint density at radius 1 is 1.10 bits per heavy atom. The fourth-order valence-corrected chi connectivity index (χ4v) is 2.04. The number of nitrogens with zero attached hydrogens (tertiary/aromatic N) is 1. The highest BCUT2D eigenvalue weighted by Crippen LogP contribution is 2.30. The Morgan fingerprint density at radius 3 is 2.20 bits per heavy atom. The Hall–Kier alpha value is -2.56. The first-order chi connectivity index (χ1) is 9.38. The number of aryl methyl sites for hydroxylation is 3. The third-order valence-corrected chi connectivity index (χ3v) is 2.99. The molecule has 1 amide bonds. The Morgan fingerprint density at radius 2 is 1.70 bits per heavy atom. The van der Waals surface area contributed by atoms with E-state index < -0.39 is 5.91 Å². The number of ether oxygens (including phenoxy) is 1. The Kier molecular flexibility index (Phi) is 3.61. The summed E-state index contributed by atoms with van der Waals surface area (Å²) in [5, 5.41) is 0. The first-order valence-electron chi connectivity index (χ1n) is 6.19. The molecule has 5 nitrogen and oxygen atoms in total. The molecule has 0 bridgehead atoms. The van der Waals surface area contributed by atoms with Crippen molar-refractivity contribution in [2.75, 3.05) is 5.73 Å². The summed E-state index contributed by atoms with van der Waals surface area (Å²) in [5.41, 5.74) is 14.5. The van der Waals surface area contributed by atoms with Crippen molar-refractivity contribution in [3.63, 3.8) is 0 Å². The van der Waals surface area contributed by atoms with Gasteiger partial charge < -0.3 is 16.2 Å². The molecule has 4 N–H and O–H groups in total. The monoisotopic (exact) mass is 271 g/mol. The fraction of sp³-hybridized carbons (Fsp3) is 0.200. The van der Waals surface area contributed by atoms with Crippen LogP contribution in [0, 0.1) is 20.8 Å². The molecule has 0 radical (unpaired) electrons. The number of primary amides is 1. The van der Waals surface area contributed by atoms with Crippen molar-refractivity contribution in [1.82, 2.24) is 4.98 Å². The van der Waals surface area contributed by atoms with Gasteiger partial charge in [-0.25, -0.2) is 4.98 Å². The average Bonchev–Trinajstić information content (AvgIpc) is 2.35. The van der Waals surface area contributed by atoms with Crippen LogP contribution in [0.4, 0.5) is 5.69 Å². The van der Waals surface area contributed by atoms with E-state index in [0.717, 1.165) is 16.7 Å². The molecule has 0 fully saturated rings. The Labute approximate surface area is 117 Å². The van der Waals surface area contributed by atoms with E-state index in [0.29, 0.717) is 22.9 Å². The second-order valence-electron chi connectivity index (χ2n) is 4.80. The summed E-state index contributed by atoms with van der Waals surface area (Å²) in [7, 11) is 0. The molecule has 0 saturated heterocycles. The first-order valence-corrected chi connectivity index (χ1v) is 6.19. The summed E-state index contributed by atoms with van der Waals surface area (Å²) in [6.45, 7) is 5.60. The highest BCUT2D eigenvalue weighted by atomic mass is 16.5. The van der Waals surface area contributed by atoms with Crippen molar-refractivity contribution in [3.8, 4) is 11.6 Å². The SMILES string of the molecule is Cc1cc(N)cnc1Oc1c(C)cc(C(N)=O)cc1C. The topological polar surface area (TPSA) is 91.2 Å². The second kappa shape index (κ2) is 5.21. The quantitative estimate of drug-likeness (QED) is 0.897. The van der Waals surface area contributed by atoms with Gasteiger partial charge in [-0.15, -0.1) is 0 Å². The normalized spacial score (nSPS) is 10.3. The smallest absolute Gasteiger partial charge is 0.248 e. The largest absolute Gasteiger partial charge is 0.438 e. The van der Waals surface area contributed by atoms with Gasteiger partial charge in [0.1, 0.15) is 5.75 Å². The van der Waals surface area contributed by atoms with Crippen LogP contribution in [0.25, 0.3) is 0 Å². The van der Waals surface area contributed by atoms with Crippen molar-refractivity contribution in [3.05, 3.63) is 46.6 Å². The molecule has 0 unspecified atom stereocenters. The highest BCUT2D eigenvalue weighted by molar-refractivity contribution is 5.93. The molecule has 0 aliphatic heterocycles. The molecule has 2 rings (SSSR count). The van der Waals surface area contributed by atoms with E-state index in [9.17, 15) is 4.79 Å². The number of anilines is 1. The number of amides is 1. The van der Waals surface area contributed by atoms with Gasteiger partial charge in [0.25, 0.3) is 0 Å². The van der Waals surface area contributed by atoms with Crippen LogP contribution in [0.2, 0.25) is 0 Å². The third kappa shape index (κ3) is 2.71. The van der Waals surface area contributed by atoms with Crippen LogP contribution in [-0.4, -0.2) is 10.9 Å². The zero-order valence-corrected chi connectivity index (χ0v) is 11.7. The van der Waals surface area contributed by atoms with E-state index in [1.54, 1.807) is 24.4 Å². The van der Waals surface area contributed by atoms with E-state index >= 15 is 0 Å². The van der Waals surface area contributed by atoms with Gasteiger partial charge in [0.2, 0.25) is 11.8 Å². The zero-order valence-electron chi connectivity index (χ0n) is 11.7. The highest BCUT2D eigenvalue weighted by Gasteiger charge is 2.12. The van der Waals surface area contributed by atoms with Gasteiger partial charge >= 0.3 is 0 Å². The van der Waals surface area contributed by atoms with Crippen LogP contribution in [0.15, 0.2) is 24.4 Å². The van der Waals surface area contributed by atoms with Gasteiger partial charge in [0, 0.05) is 11.1 Å². The number of nitrogens with two attached hydrogens (primary N) is 2. The lowest BCUT2D eigenvalue weighted by molar-refractivity contribution is 0.1000. The molecular formula is C15H17N3O2. The maximum Gasteiger partial charge on any atom is 0.248 e. The maximum atomic E-state index is 11.2. The first kappa shape index (κ1) is 13.9. The van der Waals surface area contributed by atoms with Crippen molar-refractivity contribution < 1.29 is 9.53 Å². The standard InChI is InChI=1S/C15H17N3O2/c1-8-4-11(14(17)19)5-9(2)13(8)20-15-10(3)6-12(16)7-18-15/h4-7H,16H2,1-3H3,(H2,17,19). The van der Waals surface area contributed by atoms with Gasteiger partial charge in [0.15, 0.2) is 0 Å². The predicted molar refractivity (Wildman–Crippen MR) is 77.9 cm³/mol. The van der Waals surface area contributed by atoms with Gasteiger partial charge in [-0.05, 0) is 50.1 Å². The lowest BCUT2D eigenvalue weighted by Gasteiger charge is -2.13. The van der Waals surface area contributed by atoms with Crippen LogP contribution >= 0.6 is 0 Å². The summed E-state index contributed by atoms with van der Waals surface area (Å²) < 4.78 is 5.84. The van der Waals surface area contributed by atoms with E-state index in [1.807, 2.05) is 20.8 Å². The number of benzene rings is 1. The van der Waals surface area contributed by atoms with Crippen LogP contribution < -0.4 is 16.2 Å². The predicted octanol–water partition coefficient (Wildman–Crippen LogP) is 2.48. The molecule has 0 atom stereocenters. The third-order valence-electron chi connectivity index (χ3n) is 2.99. The molecule has 5 heteroatoms. The van der Waals surface area contributed by atoms with Crippen LogP contribution in [-0.2, 0) is 0 Å². The molecule has 2 aromatic rings. The van der Waals surface area contributed by atoms with E-state index in [1.165, 1.54) is 0 Å². The van der Waals surface area contributed by atoms with Gasteiger partial charge in [0.05, 0.1) is 11.9 Å². The summed E-state index contributed by atoms with van der Waals surface area (Å²) in [6, 6.07) is 5.21. The molecule has 0 aliphatic carbocycles. The minimum Gasteiger partial charge on any atom is -0.438 e. The zero-order chi connectivity index (χ0) is 14.9. The van der Waals surface area contributed by atoms with Gasteiger partial charge in [-0.2, -0.15) is 0 Å². The second-order valence-corrected chi connectivity index (χ2v) is 4.80.